The van der Waals surface area contributed by atoms with Crippen molar-refractivity contribution in [2.45, 2.75) is 65.2 Å². The quantitative estimate of drug-likeness (QED) is 0.670. The number of rotatable bonds is 7. The van der Waals surface area contributed by atoms with Gasteiger partial charge in [0.15, 0.2) is 0 Å². The van der Waals surface area contributed by atoms with Crippen molar-refractivity contribution < 1.29 is 27.6 Å². The average Bonchev–Trinajstić information content (AvgIpc) is 2.64. The number of oxime groups is 1. The third-order valence-corrected chi connectivity index (χ3v) is 4.37. The molecule has 0 fully saturated rings. The summed E-state index contributed by atoms with van der Waals surface area (Å²) in [6.45, 7) is 5.93. The average molecular weight is 399 g/mol. The van der Waals surface area contributed by atoms with Gasteiger partial charge in [0.25, 0.3) is 5.91 Å². The lowest BCUT2D eigenvalue weighted by Crippen LogP contribution is -2.26. The summed E-state index contributed by atoms with van der Waals surface area (Å²) >= 11 is 0. The van der Waals surface area contributed by atoms with Gasteiger partial charge in [-0.15, -0.1) is 0 Å². The summed E-state index contributed by atoms with van der Waals surface area (Å²) < 4.78 is 44.8. The van der Waals surface area contributed by atoms with Crippen LogP contribution in [0.2, 0.25) is 0 Å². The second-order valence-corrected chi connectivity index (χ2v) is 6.60. The van der Waals surface area contributed by atoms with Crippen LogP contribution in [0.4, 0.5) is 13.2 Å². The monoisotopic (exact) mass is 399 g/mol. The van der Waals surface area contributed by atoms with Crippen LogP contribution in [0.5, 0.6) is 0 Å². The molecule has 0 bridgehead atoms. The number of hydrogen-bond donors (Lipinski definition) is 1. The van der Waals surface area contributed by atoms with Crippen LogP contribution in [0.25, 0.3) is 0 Å². The number of halogens is 3. The number of nitrogens with one attached hydrogen (secondary N) is 1. The zero-order valence-corrected chi connectivity index (χ0v) is 16.1. The second-order valence-electron chi connectivity index (χ2n) is 6.60. The number of alkyl halides is 3. The van der Waals surface area contributed by atoms with Crippen LogP contribution in [0, 0.1) is 0 Å². The number of carbonyl (C=O) groups excluding carboxylic acids is 1. The second kappa shape index (κ2) is 9.57. The molecule has 0 aliphatic heterocycles. The number of hydroxylamine groups is 1. The molecule has 1 heterocycles. The van der Waals surface area contributed by atoms with E-state index in [0.717, 1.165) is 49.3 Å². The van der Waals surface area contributed by atoms with Crippen LogP contribution in [-0.4, -0.2) is 22.7 Å². The number of ether oxygens (including phenoxy) is 1. The number of carbonyl (C=O) groups is 1. The molecule has 0 aromatic carbocycles. The molecule has 1 atom stereocenters. The maximum absolute atomic E-state index is 13.0. The smallest absolute Gasteiger partial charge is 0.418 e. The Hall–Kier alpha value is -2.58. The summed E-state index contributed by atoms with van der Waals surface area (Å²) in [7, 11) is 0. The van der Waals surface area contributed by atoms with Gasteiger partial charge in [-0.2, -0.15) is 18.7 Å². The first-order chi connectivity index (χ1) is 13.2. The maximum atomic E-state index is 13.0. The van der Waals surface area contributed by atoms with Gasteiger partial charge in [-0.3, -0.25) is 14.7 Å². The van der Waals surface area contributed by atoms with Crippen LogP contribution < -0.4 is 5.48 Å². The molecule has 1 unspecified atom stereocenters. The molecule has 0 radical (unpaired) electrons. The van der Waals surface area contributed by atoms with Crippen molar-refractivity contribution in [3.8, 4) is 0 Å². The highest BCUT2D eigenvalue weighted by molar-refractivity contribution is 6.00. The van der Waals surface area contributed by atoms with Gasteiger partial charge in [-0.1, -0.05) is 18.5 Å². The molecule has 9 heteroatoms. The Morgan fingerprint density at radius 2 is 2.14 bits per heavy atom. The zero-order chi connectivity index (χ0) is 20.7. The third kappa shape index (κ3) is 5.71. The Morgan fingerprint density at radius 3 is 2.82 bits per heavy atom. The standard InChI is InChI=1S/C19H24F3N3O3/c1-4-6-12(2)27-17-8-5-7-16(13(17)3)24-28-25-18(26)14-9-10-23-11-15(14)19(20,21)22/h9-12H,4-8H2,1-3H3,(H,25,26). The number of hydrogen-bond acceptors (Lipinski definition) is 5. The molecule has 1 aromatic rings. The molecule has 1 aliphatic carbocycles. The Labute approximate surface area is 161 Å². The van der Waals surface area contributed by atoms with Crippen molar-refractivity contribution in [1.82, 2.24) is 10.5 Å². The van der Waals surface area contributed by atoms with Gasteiger partial charge in [0.2, 0.25) is 0 Å². The summed E-state index contributed by atoms with van der Waals surface area (Å²) in [5, 5.41) is 3.88. The molecule has 28 heavy (non-hydrogen) atoms. The van der Waals surface area contributed by atoms with E-state index in [4.69, 9.17) is 9.68 Å². The molecule has 1 amide bonds. The van der Waals surface area contributed by atoms with E-state index in [0.29, 0.717) is 18.3 Å². The highest BCUT2D eigenvalue weighted by Crippen LogP contribution is 2.31. The first-order valence-electron chi connectivity index (χ1n) is 9.15. The Balaban J connectivity index is 2.05. The summed E-state index contributed by atoms with van der Waals surface area (Å²) in [5.74, 6) is -0.223. The minimum absolute atomic E-state index is 0.0856. The van der Waals surface area contributed by atoms with E-state index in [1.165, 1.54) is 0 Å². The molecule has 2 rings (SSSR count). The Kier molecular flexibility index (Phi) is 7.42. The van der Waals surface area contributed by atoms with E-state index in [9.17, 15) is 18.0 Å². The molecule has 0 spiro atoms. The van der Waals surface area contributed by atoms with E-state index in [1.807, 2.05) is 19.3 Å². The number of allylic oxidation sites excluding steroid dienone is 2. The summed E-state index contributed by atoms with van der Waals surface area (Å²) in [6, 6.07) is 0.974. The molecule has 1 aromatic heterocycles. The van der Waals surface area contributed by atoms with E-state index in [-0.39, 0.29) is 6.10 Å². The predicted octanol–water partition coefficient (Wildman–Crippen LogP) is 4.78. The molecule has 1 N–H and O–H groups in total. The largest absolute Gasteiger partial charge is 0.495 e. The third-order valence-electron chi connectivity index (χ3n) is 4.37. The van der Waals surface area contributed by atoms with Gasteiger partial charge >= 0.3 is 6.18 Å². The van der Waals surface area contributed by atoms with E-state index in [1.54, 1.807) is 0 Å². The lowest BCUT2D eigenvalue weighted by Gasteiger charge is -2.23. The summed E-state index contributed by atoms with van der Waals surface area (Å²) in [4.78, 5) is 20.3. The fraction of sp³-hybridized carbons (Fsp3) is 0.526. The molecule has 0 saturated heterocycles. The van der Waals surface area contributed by atoms with E-state index >= 15 is 0 Å². The van der Waals surface area contributed by atoms with Crippen molar-refractivity contribution in [2.24, 2.45) is 5.16 Å². The van der Waals surface area contributed by atoms with Gasteiger partial charge < -0.3 is 4.74 Å². The van der Waals surface area contributed by atoms with Crippen molar-refractivity contribution >= 4 is 11.6 Å². The molecular formula is C19H24F3N3O3. The minimum atomic E-state index is -4.70. The fourth-order valence-electron chi connectivity index (χ4n) is 2.91. The van der Waals surface area contributed by atoms with E-state index < -0.39 is 23.2 Å². The van der Waals surface area contributed by atoms with Crippen LogP contribution >= 0.6 is 0 Å². The van der Waals surface area contributed by atoms with Gasteiger partial charge in [0.1, 0.15) is 5.76 Å². The normalized spacial score (nSPS) is 17.4. The van der Waals surface area contributed by atoms with Crippen molar-refractivity contribution in [2.75, 3.05) is 0 Å². The van der Waals surface area contributed by atoms with Crippen molar-refractivity contribution in [1.29, 1.82) is 0 Å². The van der Waals surface area contributed by atoms with Crippen LogP contribution in [0.3, 0.4) is 0 Å². The van der Waals surface area contributed by atoms with E-state index in [2.05, 4.69) is 17.1 Å². The number of pyridine rings is 1. The first kappa shape index (κ1) is 21.7. The van der Waals surface area contributed by atoms with Crippen LogP contribution in [-0.2, 0) is 15.9 Å². The number of nitrogens with zero attached hydrogens (tertiary/aromatic N) is 2. The van der Waals surface area contributed by atoms with Crippen LogP contribution in [0.1, 0.15) is 68.8 Å². The predicted molar refractivity (Wildman–Crippen MR) is 97.2 cm³/mol. The number of aromatic nitrogens is 1. The van der Waals surface area contributed by atoms with Crippen molar-refractivity contribution in [3.05, 3.63) is 40.9 Å². The highest BCUT2D eigenvalue weighted by Gasteiger charge is 2.35. The van der Waals surface area contributed by atoms with Gasteiger partial charge in [-0.25, -0.2) is 0 Å². The first-order valence-corrected chi connectivity index (χ1v) is 9.15. The number of amides is 1. The Morgan fingerprint density at radius 1 is 1.39 bits per heavy atom. The highest BCUT2D eigenvalue weighted by atomic mass is 19.4. The molecule has 1 aliphatic rings. The van der Waals surface area contributed by atoms with Gasteiger partial charge in [0, 0.05) is 24.4 Å². The zero-order valence-electron chi connectivity index (χ0n) is 16.1. The van der Waals surface area contributed by atoms with Crippen LogP contribution in [0.15, 0.2) is 34.9 Å². The lowest BCUT2D eigenvalue weighted by molar-refractivity contribution is -0.138. The minimum Gasteiger partial charge on any atom is -0.495 e. The maximum Gasteiger partial charge on any atom is 0.418 e. The SMILES string of the molecule is CCCC(C)OC1=C(C)C(=NONC(=O)c2ccncc2C(F)(F)F)CCC1. The summed E-state index contributed by atoms with van der Waals surface area (Å²) in [5.41, 5.74) is 1.63. The van der Waals surface area contributed by atoms with Gasteiger partial charge in [-0.05, 0) is 39.2 Å². The molecule has 0 saturated carbocycles. The van der Waals surface area contributed by atoms with Gasteiger partial charge in [0.05, 0.1) is 22.9 Å². The van der Waals surface area contributed by atoms with Crippen molar-refractivity contribution in [3.63, 3.8) is 0 Å². The lowest BCUT2D eigenvalue weighted by atomic mass is 9.96. The molecule has 6 nitrogen and oxygen atoms in total. The topological polar surface area (TPSA) is 72.8 Å². The fourth-order valence-corrected chi connectivity index (χ4v) is 2.91. The Bertz CT molecular complexity index is 760. The molecular weight excluding hydrogens is 375 g/mol. The summed E-state index contributed by atoms with van der Waals surface area (Å²) in [6.07, 6.45) is 1.25. The molecule has 154 valence electrons.